The summed E-state index contributed by atoms with van der Waals surface area (Å²) < 4.78 is 10.2. The quantitative estimate of drug-likeness (QED) is 0.522. The van der Waals surface area contributed by atoms with E-state index in [1.54, 1.807) is 30.0 Å². The number of anilines is 1. The van der Waals surface area contributed by atoms with Gasteiger partial charge in [0.1, 0.15) is 0 Å². The van der Waals surface area contributed by atoms with Gasteiger partial charge < -0.3 is 0 Å². The molecule has 0 fully saturated rings. The molecule has 1 atom stereocenters. The van der Waals surface area contributed by atoms with E-state index in [-0.39, 0.29) is 35.1 Å². The predicted molar refractivity (Wildman–Crippen MR) is 133 cm³/mol. The summed E-state index contributed by atoms with van der Waals surface area (Å²) in [6.45, 7) is 14.9. The second-order valence-electron chi connectivity index (χ2n) is 10.7. The second kappa shape index (κ2) is 8.60. The zero-order chi connectivity index (χ0) is 24.1. The molecular formula is C23H35ClN3O4P. The molecule has 0 saturated carbocycles. The van der Waals surface area contributed by atoms with Crippen molar-refractivity contribution in [3.8, 4) is 0 Å². The van der Waals surface area contributed by atoms with E-state index in [9.17, 15) is 14.8 Å². The van der Waals surface area contributed by atoms with Crippen LogP contribution in [0.1, 0.15) is 54.9 Å². The zero-order valence-electron chi connectivity index (χ0n) is 19.9. The van der Waals surface area contributed by atoms with Crippen LogP contribution in [-0.4, -0.2) is 45.8 Å². The summed E-state index contributed by atoms with van der Waals surface area (Å²) in [5.74, 6) is -0.200. The van der Waals surface area contributed by atoms with Gasteiger partial charge in [0.25, 0.3) is 0 Å². The first kappa shape index (κ1) is 25.0. The zero-order valence-corrected chi connectivity index (χ0v) is 21.7. The summed E-state index contributed by atoms with van der Waals surface area (Å²) in [5.41, 5.74) is 0.288. The topological polar surface area (TPSA) is 94.4 Å². The van der Waals surface area contributed by atoms with E-state index >= 15 is 0 Å². The van der Waals surface area contributed by atoms with E-state index in [1.165, 1.54) is 0 Å². The number of hydrogen-bond donors (Lipinski definition) is 3. The normalized spacial score (nSPS) is 21.9. The molecule has 2 heterocycles. The number of nitrogens with one attached hydrogen (secondary N) is 1. The number of carbonyl (C=O) groups excluding carboxylic acids is 1. The van der Waals surface area contributed by atoms with E-state index in [4.69, 9.17) is 16.1 Å². The molecule has 0 saturated heterocycles. The van der Waals surface area contributed by atoms with E-state index in [2.05, 4.69) is 30.9 Å². The van der Waals surface area contributed by atoms with Crippen molar-refractivity contribution in [3.63, 3.8) is 0 Å². The molecule has 0 unspecified atom stereocenters. The third-order valence-corrected chi connectivity index (χ3v) is 8.22. The number of amidine groups is 1. The van der Waals surface area contributed by atoms with Gasteiger partial charge in [-0.3, -0.25) is 0 Å². The van der Waals surface area contributed by atoms with Crippen molar-refractivity contribution in [2.45, 2.75) is 60.9 Å². The molecule has 0 spiro atoms. The monoisotopic (exact) mass is 483 g/mol. The number of rotatable bonds is 5. The van der Waals surface area contributed by atoms with Gasteiger partial charge >= 0.3 is 196 Å². The Morgan fingerprint density at radius 1 is 1.25 bits per heavy atom. The van der Waals surface area contributed by atoms with Crippen LogP contribution in [-0.2, 0) is 9.32 Å². The average Bonchev–Trinajstić information content (AvgIpc) is 2.90. The molecule has 2 aliphatic heterocycles. The Morgan fingerprint density at radius 2 is 1.91 bits per heavy atom. The minimum atomic E-state index is -3.79. The van der Waals surface area contributed by atoms with Crippen molar-refractivity contribution in [2.75, 3.05) is 18.5 Å². The maximum atomic E-state index is 13.6. The fourth-order valence-corrected chi connectivity index (χ4v) is 6.45. The minimum absolute atomic E-state index is 0.0298. The average molecular weight is 484 g/mol. The van der Waals surface area contributed by atoms with Crippen molar-refractivity contribution < 1.29 is 19.3 Å². The molecule has 178 valence electrons. The molecule has 7 nitrogen and oxygen atoms in total. The predicted octanol–water partition coefficient (Wildman–Crippen LogP) is 4.82. The number of nitrogens with zero attached hydrogens (tertiary/aromatic N) is 2. The molecule has 0 aliphatic carbocycles. The fraction of sp³-hybridized carbons (Fsp3) is 0.565. The molecule has 1 aromatic carbocycles. The number of carbonyl (C=O) groups is 1. The van der Waals surface area contributed by atoms with Crippen LogP contribution in [0.5, 0.6) is 0 Å². The number of aliphatic hydroxyl groups excluding tert-OH is 1. The summed E-state index contributed by atoms with van der Waals surface area (Å²) in [6, 6.07) is 4.55. The van der Waals surface area contributed by atoms with Crippen molar-refractivity contribution in [3.05, 3.63) is 34.6 Å². The van der Waals surface area contributed by atoms with E-state index < -0.39 is 19.3 Å². The van der Waals surface area contributed by atoms with Crippen LogP contribution >= 0.6 is 19.5 Å². The molecule has 2 aliphatic rings. The molecule has 1 amide bonds. The van der Waals surface area contributed by atoms with Gasteiger partial charge in [-0.2, -0.15) is 0 Å². The number of halogens is 1. The van der Waals surface area contributed by atoms with Crippen molar-refractivity contribution in [1.29, 1.82) is 0 Å². The number of fused-ring (bicyclic) bond motifs is 1. The van der Waals surface area contributed by atoms with Crippen LogP contribution in [0.2, 0.25) is 5.02 Å². The first-order valence-corrected chi connectivity index (χ1v) is 13.1. The second-order valence-corrected chi connectivity index (χ2v) is 13.4. The van der Waals surface area contributed by atoms with Crippen LogP contribution in [0.3, 0.4) is 0 Å². The Morgan fingerprint density at radius 3 is 2.47 bits per heavy atom. The van der Waals surface area contributed by atoms with Gasteiger partial charge in [0.15, 0.2) is 0 Å². The Kier molecular flexibility index (Phi) is 6.71. The van der Waals surface area contributed by atoms with Crippen LogP contribution in [0.25, 0.3) is 0 Å². The molecule has 1 aromatic rings. The SMILES string of the molecule is CCO[PH]1(O)N=C(C2=C(O)[C@H](C(C)(C)C)N(CCC(C)(C)C)C2=O)Nc2ccc(Cl)cc21. The van der Waals surface area contributed by atoms with Gasteiger partial charge in [-0.25, -0.2) is 0 Å². The van der Waals surface area contributed by atoms with Gasteiger partial charge in [-0.15, -0.1) is 0 Å². The summed E-state index contributed by atoms with van der Waals surface area (Å²) in [5, 5.41) is 15.3. The Balaban J connectivity index is 2.09. The summed E-state index contributed by atoms with van der Waals surface area (Å²) in [7, 11) is -3.79. The van der Waals surface area contributed by atoms with Crippen molar-refractivity contribution in [2.24, 2.45) is 15.6 Å². The van der Waals surface area contributed by atoms with Gasteiger partial charge in [0.2, 0.25) is 0 Å². The number of hydrogen-bond acceptors (Lipinski definition) is 6. The summed E-state index contributed by atoms with van der Waals surface area (Å²) in [6.07, 6.45) is 0.782. The summed E-state index contributed by atoms with van der Waals surface area (Å²) in [4.78, 5) is 26.7. The van der Waals surface area contributed by atoms with Crippen LogP contribution in [0.15, 0.2) is 34.3 Å². The Labute approximate surface area is 196 Å². The third kappa shape index (κ3) is 4.81. The standard InChI is InChI=1S/C23H35ClN3O4P/c1-8-31-32(30)16-13-14(24)9-10-15(16)25-20(26-32)17-18(28)19(23(5,6)7)27(21(17)29)12-11-22(2,3)4/h9-10,13,19,28,30,32H,8,11-12H2,1-7H3,(H,25,26)/t19-/m1/s1. The third-order valence-electron chi connectivity index (χ3n) is 5.66. The molecular weight excluding hydrogens is 449 g/mol. The number of aliphatic hydroxyl groups is 1. The van der Waals surface area contributed by atoms with E-state index in [0.29, 0.717) is 22.6 Å². The van der Waals surface area contributed by atoms with E-state index in [1.807, 2.05) is 20.8 Å². The maximum absolute atomic E-state index is 13.6. The molecule has 0 bridgehead atoms. The van der Waals surface area contributed by atoms with Gasteiger partial charge in [0, 0.05) is 0 Å². The van der Waals surface area contributed by atoms with Gasteiger partial charge in [-0.1, -0.05) is 0 Å². The fourth-order valence-electron chi connectivity index (χ4n) is 4.13. The molecule has 3 N–H and O–H groups in total. The van der Waals surface area contributed by atoms with Crippen molar-refractivity contribution in [1.82, 2.24) is 4.90 Å². The number of benzene rings is 1. The molecule has 0 aromatic heterocycles. The molecule has 0 radical (unpaired) electrons. The first-order valence-electron chi connectivity index (χ1n) is 11.0. The number of amides is 1. The molecule has 32 heavy (non-hydrogen) atoms. The van der Waals surface area contributed by atoms with Gasteiger partial charge in [0.05, 0.1) is 0 Å². The Bertz CT molecular complexity index is 980. The van der Waals surface area contributed by atoms with E-state index in [0.717, 1.165) is 6.42 Å². The molecule has 9 heteroatoms. The summed E-state index contributed by atoms with van der Waals surface area (Å²) >= 11 is 6.14. The van der Waals surface area contributed by atoms with Crippen LogP contribution in [0, 0.1) is 10.8 Å². The Hall–Kier alpha value is -1.66. The first-order chi connectivity index (χ1) is 14.7. The van der Waals surface area contributed by atoms with Gasteiger partial charge in [-0.05, 0) is 0 Å². The molecule has 3 rings (SSSR count). The van der Waals surface area contributed by atoms with Crippen molar-refractivity contribution >= 4 is 42.2 Å². The van der Waals surface area contributed by atoms with Crippen LogP contribution < -0.4 is 10.6 Å². The van der Waals surface area contributed by atoms with Crippen LogP contribution in [0.4, 0.5) is 5.69 Å².